The van der Waals surface area contributed by atoms with Crippen LogP contribution in [0.3, 0.4) is 0 Å². The van der Waals surface area contributed by atoms with E-state index in [1.54, 1.807) is 6.07 Å². The van der Waals surface area contributed by atoms with Crippen molar-refractivity contribution >= 4 is 27.8 Å². The average molecular weight is 330 g/mol. The normalized spacial score (nSPS) is 11.9. The van der Waals surface area contributed by atoms with E-state index < -0.39 is 17.8 Å². The van der Waals surface area contributed by atoms with E-state index in [-0.39, 0.29) is 17.9 Å². The summed E-state index contributed by atoms with van der Waals surface area (Å²) in [5.74, 6) is -2.16. The summed E-state index contributed by atoms with van der Waals surface area (Å²) in [4.78, 5) is 22.8. The molecule has 0 fully saturated rings. The standard InChI is InChI=1S/C13H16BrNO4/c1-2-3-8(13(18)19)7-15-12(17)10-6-9(14)4-5-11(10)16/h4-6,8,16H,2-3,7H2,1H3,(H,15,17)(H,18,19). The monoisotopic (exact) mass is 329 g/mol. The smallest absolute Gasteiger partial charge is 0.308 e. The number of carbonyl (C=O) groups is 2. The molecule has 0 spiro atoms. The molecule has 1 amide bonds. The number of benzene rings is 1. The van der Waals surface area contributed by atoms with E-state index in [0.29, 0.717) is 10.9 Å². The van der Waals surface area contributed by atoms with Crippen LogP contribution >= 0.6 is 15.9 Å². The fourth-order valence-electron chi connectivity index (χ4n) is 1.66. The molecule has 104 valence electrons. The topological polar surface area (TPSA) is 86.6 Å². The lowest BCUT2D eigenvalue weighted by Gasteiger charge is -2.13. The number of rotatable bonds is 6. The number of carboxylic acids is 1. The first kappa shape index (κ1) is 15.5. The number of phenols is 1. The Hall–Kier alpha value is -1.56. The maximum absolute atomic E-state index is 11.9. The van der Waals surface area contributed by atoms with Crippen molar-refractivity contribution in [3.8, 4) is 5.75 Å². The number of carbonyl (C=O) groups excluding carboxylic acids is 1. The van der Waals surface area contributed by atoms with Gasteiger partial charge < -0.3 is 15.5 Å². The van der Waals surface area contributed by atoms with Crippen molar-refractivity contribution in [2.75, 3.05) is 6.54 Å². The van der Waals surface area contributed by atoms with Gasteiger partial charge in [-0.2, -0.15) is 0 Å². The number of aliphatic carboxylic acids is 1. The number of halogens is 1. The molecule has 19 heavy (non-hydrogen) atoms. The van der Waals surface area contributed by atoms with Gasteiger partial charge in [-0.3, -0.25) is 9.59 Å². The predicted octanol–water partition coefficient (Wildman–Crippen LogP) is 2.39. The van der Waals surface area contributed by atoms with Gasteiger partial charge in [-0.25, -0.2) is 0 Å². The third-order valence-corrected chi connectivity index (χ3v) is 3.19. The van der Waals surface area contributed by atoms with Gasteiger partial charge in [0.25, 0.3) is 5.91 Å². The molecular weight excluding hydrogens is 314 g/mol. The molecule has 1 unspecified atom stereocenters. The Bertz CT molecular complexity index is 476. The van der Waals surface area contributed by atoms with Crippen LogP contribution in [0.1, 0.15) is 30.1 Å². The zero-order valence-corrected chi connectivity index (χ0v) is 12.1. The second-order valence-corrected chi connectivity index (χ2v) is 5.11. The van der Waals surface area contributed by atoms with Gasteiger partial charge in [-0.1, -0.05) is 29.3 Å². The van der Waals surface area contributed by atoms with Crippen LogP contribution < -0.4 is 5.32 Å². The van der Waals surface area contributed by atoms with Crippen LogP contribution in [0.15, 0.2) is 22.7 Å². The lowest BCUT2D eigenvalue weighted by atomic mass is 10.0. The molecule has 1 atom stereocenters. The summed E-state index contributed by atoms with van der Waals surface area (Å²) in [5.41, 5.74) is 0.120. The maximum atomic E-state index is 11.9. The first-order chi connectivity index (χ1) is 8.95. The summed E-state index contributed by atoms with van der Waals surface area (Å²) in [7, 11) is 0. The third-order valence-electron chi connectivity index (χ3n) is 2.70. The van der Waals surface area contributed by atoms with Gasteiger partial charge in [-0.15, -0.1) is 0 Å². The molecule has 3 N–H and O–H groups in total. The van der Waals surface area contributed by atoms with Crippen LogP contribution in [-0.4, -0.2) is 28.6 Å². The van der Waals surface area contributed by atoms with Crippen LogP contribution in [0, 0.1) is 5.92 Å². The van der Waals surface area contributed by atoms with E-state index in [9.17, 15) is 14.7 Å². The zero-order valence-electron chi connectivity index (χ0n) is 10.5. The third kappa shape index (κ3) is 4.55. The summed E-state index contributed by atoms with van der Waals surface area (Å²) in [5, 5.41) is 21.1. The van der Waals surface area contributed by atoms with Gasteiger partial charge in [0.05, 0.1) is 11.5 Å². The quantitative estimate of drug-likeness (QED) is 0.747. The fraction of sp³-hybridized carbons (Fsp3) is 0.385. The van der Waals surface area contributed by atoms with Crippen molar-refractivity contribution in [1.82, 2.24) is 5.32 Å². The molecule has 6 heteroatoms. The first-order valence-electron chi connectivity index (χ1n) is 5.95. The van der Waals surface area contributed by atoms with Crippen molar-refractivity contribution in [2.24, 2.45) is 5.92 Å². The number of nitrogens with one attached hydrogen (secondary N) is 1. The van der Waals surface area contributed by atoms with Crippen molar-refractivity contribution in [3.05, 3.63) is 28.2 Å². The second-order valence-electron chi connectivity index (χ2n) is 4.20. The van der Waals surface area contributed by atoms with E-state index in [0.717, 1.165) is 6.42 Å². The first-order valence-corrected chi connectivity index (χ1v) is 6.74. The number of hydrogen-bond donors (Lipinski definition) is 3. The van der Waals surface area contributed by atoms with Crippen molar-refractivity contribution in [3.63, 3.8) is 0 Å². The maximum Gasteiger partial charge on any atom is 0.308 e. The van der Waals surface area contributed by atoms with E-state index in [2.05, 4.69) is 21.2 Å². The van der Waals surface area contributed by atoms with Crippen molar-refractivity contribution in [2.45, 2.75) is 19.8 Å². The Morgan fingerprint density at radius 2 is 2.11 bits per heavy atom. The van der Waals surface area contributed by atoms with Crippen molar-refractivity contribution < 1.29 is 19.8 Å². The molecule has 0 bridgehead atoms. The largest absolute Gasteiger partial charge is 0.507 e. The molecule has 1 aromatic carbocycles. The van der Waals surface area contributed by atoms with Crippen LogP contribution in [0.4, 0.5) is 0 Å². The minimum atomic E-state index is -0.930. The van der Waals surface area contributed by atoms with E-state index in [4.69, 9.17) is 5.11 Å². The van der Waals surface area contributed by atoms with Gasteiger partial charge in [0.2, 0.25) is 0 Å². The highest BCUT2D eigenvalue weighted by Crippen LogP contribution is 2.21. The number of carboxylic acid groups (broad SMARTS) is 1. The number of aromatic hydroxyl groups is 1. The van der Waals surface area contributed by atoms with Gasteiger partial charge in [-0.05, 0) is 24.6 Å². The Kier molecular flexibility index (Phi) is 5.82. The molecule has 0 radical (unpaired) electrons. The molecule has 0 saturated heterocycles. The van der Waals surface area contributed by atoms with E-state index in [1.165, 1.54) is 12.1 Å². The van der Waals surface area contributed by atoms with Gasteiger partial charge >= 0.3 is 5.97 Å². The molecule has 0 heterocycles. The minimum absolute atomic E-state index is 0.0496. The predicted molar refractivity (Wildman–Crippen MR) is 74.2 cm³/mol. The number of hydrogen-bond acceptors (Lipinski definition) is 3. The number of amides is 1. The molecule has 0 aliphatic heterocycles. The fourth-order valence-corrected chi connectivity index (χ4v) is 2.02. The highest BCUT2D eigenvalue weighted by Gasteiger charge is 2.18. The number of phenolic OH excluding ortho intramolecular Hbond substituents is 1. The Morgan fingerprint density at radius 3 is 2.68 bits per heavy atom. The van der Waals surface area contributed by atoms with Crippen LogP contribution in [0.25, 0.3) is 0 Å². The minimum Gasteiger partial charge on any atom is -0.507 e. The van der Waals surface area contributed by atoms with Crippen LogP contribution in [-0.2, 0) is 4.79 Å². The molecular formula is C13H16BrNO4. The highest BCUT2D eigenvalue weighted by atomic mass is 79.9. The van der Waals surface area contributed by atoms with Crippen LogP contribution in [0.5, 0.6) is 5.75 Å². The molecule has 1 aromatic rings. The lowest BCUT2D eigenvalue weighted by Crippen LogP contribution is -2.32. The highest BCUT2D eigenvalue weighted by molar-refractivity contribution is 9.10. The summed E-state index contributed by atoms with van der Waals surface area (Å²) in [6, 6.07) is 4.50. The van der Waals surface area contributed by atoms with Gasteiger partial charge in [0.15, 0.2) is 0 Å². The summed E-state index contributed by atoms with van der Waals surface area (Å²) in [6.45, 7) is 1.94. The van der Waals surface area contributed by atoms with E-state index in [1.807, 2.05) is 6.92 Å². The van der Waals surface area contributed by atoms with Crippen molar-refractivity contribution in [1.29, 1.82) is 0 Å². The summed E-state index contributed by atoms with van der Waals surface area (Å²) >= 11 is 3.21. The average Bonchev–Trinajstić information content (AvgIpc) is 2.36. The lowest BCUT2D eigenvalue weighted by molar-refractivity contribution is -0.141. The van der Waals surface area contributed by atoms with Crippen LogP contribution in [0.2, 0.25) is 0 Å². The molecule has 1 rings (SSSR count). The summed E-state index contributed by atoms with van der Waals surface area (Å²) < 4.78 is 0.666. The second kappa shape index (κ2) is 7.13. The SMILES string of the molecule is CCCC(CNC(=O)c1cc(Br)ccc1O)C(=O)O. The Morgan fingerprint density at radius 1 is 1.42 bits per heavy atom. The summed E-state index contributed by atoms with van der Waals surface area (Å²) in [6.07, 6.45) is 1.23. The zero-order chi connectivity index (χ0) is 14.4. The molecule has 5 nitrogen and oxygen atoms in total. The Labute approximate surface area is 119 Å². The molecule has 0 aromatic heterocycles. The molecule has 0 aliphatic carbocycles. The van der Waals surface area contributed by atoms with Gasteiger partial charge in [0.1, 0.15) is 5.75 Å². The molecule has 0 saturated carbocycles. The Balaban J connectivity index is 2.69. The van der Waals surface area contributed by atoms with E-state index >= 15 is 0 Å². The molecule has 0 aliphatic rings. The van der Waals surface area contributed by atoms with Gasteiger partial charge in [0, 0.05) is 11.0 Å².